The lowest BCUT2D eigenvalue weighted by Gasteiger charge is -2.14. The summed E-state index contributed by atoms with van der Waals surface area (Å²) in [7, 11) is 0. The van der Waals surface area contributed by atoms with E-state index in [1.54, 1.807) is 0 Å². The first-order chi connectivity index (χ1) is 9.58. The summed E-state index contributed by atoms with van der Waals surface area (Å²) in [5, 5.41) is 4.13. The predicted octanol–water partition coefficient (Wildman–Crippen LogP) is 4.27. The van der Waals surface area contributed by atoms with Crippen LogP contribution in [0.15, 0.2) is 12.1 Å². The van der Waals surface area contributed by atoms with Crippen LogP contribution in [0.25, 0.3) is 0 Å². The fraction of sp³-hybridized carbons (Fsp3) is 0.625. The largest absolute Gasteiger partial charge is 0.490 e. The van der Waals surface area contributed by atoms with Gasteiger partial charge in [-0.25, -0.2) is 0 Å². The van der Waals surface area contributed by atoms with Gasteiger partial charge < -0.3 is 14.8 Å². The Kier molecular flexibility index (Phi) is 7.78. The summed E-state index contributed by atoms with van der Waals surface area (Å²) in [6, 6.07) is 3.81. The first-order valence-electron chi connectivity index (χ1n) is 7.37. The maximum absolute atomic E-state index is 6.30. The number of rotatable bonds is 9. The Bertz CT molecular complexity index is 408. The second kappa shape index (κ2) is 9.09. The lowest BCUT2D eigenvalue weighted by molar-refractivity contribution is 0.287. The van der Waals surface area contributed by atoms with E-state index in [-0.39, 0.29) is 0 Å². The zero-order chi connectivity index (χ0) is 15.0. The SMILES string of the molecule is CCOc1cc(Cl)c(CNCCC(C)C)cc1OCC. The van der Waals surface area contributed by atoms with Crippen LogP contribution >= 0.6 is 11.6 Å². The molecule has 0 aliphatic heterocycles. The van der Waals surface area contributed by atoms with Gasteiger partial charge in [0.1, 0.15) is 0 Å². The van der Waals surface area contributed by atoms with Crippen molar-refractivity contribution in [2.24, 2.45) is 5.92 Å². The Hall–Kier alpha value is -0.930. The monoisotopic (exact) mass is 299 g/mol. The van der Waals surface area contributed by atoms with E-state index >= 15 is 0 Å². The third-order valence-electron chi connectivity index (χ3n) is 2.93. The molecule has 0 amide bonds. The van der Waals surface area contributed by atoms with Crippen LogP contribution in [0, 0.1) is 5.92 Å². The van der Waals surface area contributed by atoms with Gasteiger partial charge >= 0.3 is 0 Å². The highest BCUT2D eigenvalue weighted by molar-refractivity contribution is 6.31. The van der Waals surface area contributed by atoms with Crippen molar-refractivity contribution in [3.05, 3.63) is 22.7 Å². The van der Waals surface area contributed by atoms with Gasteiger partial charge in [-0.05, 0) is 44.4 Å². The molecule has 1 aromatic rings. The molecule has 0 saturated heterocycles. The van der Waals surface area contributed by atoms with E-state index in [1.165, 1.54) is 0 Å². The normalized spacial score (nSPS) is 10.9. The molecule has 3 nitrogen and oxygen atoms in total. The molecule has 0 saturated carbocycles. The first kappa shape index (κ1) is 17.1. The van der Waals surface area contributed by atoms with Gasteiger partial charge in [0.05, 0.1) is 13.2 Å². The quantitative estimate of drug-likeness (QED) is 0.691. The molecule has 0 fully saturated rings. The average molecular weight is 300 g/mol. The van der Waals surface area contributed by atoms with E-state index in [0.717, 1.165) is 30.8 Å². The van der Waals surface area contributed by atoms with Gasteiger partial charge in [-0.15, -0.1) is 0 Å². The Morgan fingerprint density at radius 3 is 2.25 bits per heavy atom. The minimum Gasteiger partial charge on any atom is -0.490 e. The Balaban J connectivity index is 2.72. The van der Waals surface area contributed by atoms with Gasteiger partial charge in [-0.1, -0.05) is 25.4 Å². The maximum atomic E-state index is 6.30. The zero-order valence-electron chi connectivity index (χ0n) is 13.0. The fourth-order valence-corrected chi connectivity index (χ4v) is 2.08. The third kappa shape index (κ3) is 5.59. The topological polar surface area (TPSA) is 30.5 Å². The van der Waals surface area contributed by atoms with Crippen LogP contribution in [-0.2, 0) is 6.54 Å². The van der Waals surface area contributed by atoms with Gasteiger partial charge in [0, 0.05) is 17.6 Å². The highest BCUT2D eigenvalue weighted by atomic mass is 35.5. The molecule has 1 rings (SSSR count). The van der Waals surface area contributed by atoms with Crippen LogP contribution in [0.2, 0.25) is 5.02 Å². The number of ether oxygens (including phenoxy) is 2. The summed E-state index contributed by atoms with van der Waals surface area (Å²) in [4.78, 5) is 0. The molecule has 4 heteroatoms. The van der Waals surface area contributed by atoms with E-state index in [2.05, 4.69) is 19.2 Å². The van der Waals surface area contributed by atoms with Crippen molar-refractivity contribution in [2.75, 3.05) is 19.8 Å². The minimum atomic E-state index is 0.600. The molecule has 1 aromatic carbocycles. The summed E-state index contributed by atoms with van der Waals surface area (Å²) in [6.45, 7) is 11.3. The maximum Gasteiger partial charge on any atom is 0.162 e. The first-order valence-corrected chi connectivity index (χ1v) is 7.75. The van der Waals surface area contributed by atoms with Crippen molar-refractivity contribution in [1.82, 2.24) is 5.32 Å². The second-order valence-electron chi connectivity index (χ2n) is 5.12. The predicted molar refractivity (Wildman–Crippen MR) is 85.0 cm³/mol. The van der Waals surface area contributed by atoms with Gasteiger partial charge in [0.2, 0.25) is 0 Å². The third-order valence-corrected chi connectivity index (χ3v) is 3.28. The molecule has 0 aliphatic rings. The number of benzene rings is 1. The van der Waals surface area contributed by atoms with Crippen LogP contribution in [0.5, 0.6) is 11.5 Å². The van der Waals surface area contributed by atoms with Gasteiger partial charge in [0.25, 0.3) is 0 Å². The van der Waals surface area contributed by atoms with Gasteiger partial charge in [-0.2, -0.15) is 0 Å². The van der Waals surface area contributed by atoms with Crippen LogP contribution in [0.1, 0.15) is 39.7 Å². The van der Waals surface area contributed by atoms with E-state index in [0.29, 0.717) is 29.9 Å². The summed E-state index contributed by atoms with van der Waals surface area (Å²) < 4.78 is 11.2. The fourth-order valence-electron chi connectivity index (χ4n) is 1.86. The van der Waals surface area contributed by atoms with Crippen LogP contribution < -0.4 is 14.8 Å². The summed E-state index contributed by atoms with van der Waals surface area (Å²) in [5.74, 6) is 2.18. The van der Waals surface area contributed by atoms with Gasteiger partial charge in [0.15, 0.2) is 11.5 Å². The molecule has 0 aliphatic carbocycles. The molecule has 0 bridgehead atoms. The summed E-state index contributed by atoms with van der Waals surface area (Å²) in [5.41, 5.74) is 1.04. The number of hydrogen-bond acceptors (Lipinski definition) is 3. The van der Waals surface area contributed by atoms with Crippen LogP contribution in [0.3, 0.4) is 0 Å². The molecule has 0 atom stereocenters. The van der Waals surface area contributed by atoms with Crippen molar-refractivity contribution in [3.8, 4) is 11.5 Å². The van der Waals surface area contributed by atoms with E-state index in [9.17, 15) is 0 Å². The Morgan fingerprint density at radius 2 is 1.70 bits per heavy atom. The smallest absolute Gasteiger partial charge is 0.162 e. The van der Waals surface area contributed by atoms with Crippen molar-refractivity contribution in [2.45, 2.75) is 40.7 Å². The van der Waals surface area contributed by atoms with Crippen LogP contribution in [0.4, 0.5) is 0 Å². The standard InChI is InChI=1S/C16H26ClNO2/c1-5-19-15-9-13(11-18-8-7-12(3)4)14(17)10-16(15)20-6-2/h9-10,12,18H,5-8,11H2,1-4H3. The molecular formula is C16H26ClNO2. The Labute approximate surface area is 127 Å². The molecule has 114 valence electrons. The van der Waals surface area contributed by atoms with Crippen molar-refractivity contribution >= 4 is 11.6 Å². The van der Waals surface area contributed by atoms with E-state index < -0.39 is 0 Å². The Morgan fingerprint density at radius 1 is 1.10 bits per heavy atom. The lowest BCUT2D eigenvalue weighted by Crippen LogP contribution is -2.16. The molecule has 20 heavy (non-hydrogen) atoms. The average Bonchev–Trinajstić information content (AvgIpc) is 2.39. The summed E-state index contributed by atoms with van der Waals surface area (Å²) >= 11 is 6.30. The molecule has 0 aromatic heterocycles. The molecular weight excluding hydrogens is 274 g/mol. The second-order valence-corrected chi connectivity index (χ2v) is 5.52. The van der Waals surface area contributed by atoms with Crippen molar-refractivity contribution in [1.29, 1.82) is 0 Å². The highest BCUT2D eigenvalue weighted by Crippen LogP contribution is 2.33. The van der Waals surface area contributed by atoms with Crippen molar-refractivity contribution in [3.63, 3.8) is 0 Å². The number of halogens is 1. The molecule has 0 spiro atoms. The minimum absolute atomic E-state index is 0.600. The van der Waals surface area contributed by atoms with Crippen LogP contribution in [-0.4, -0.2) is 19.8 Å². The summed E-state index contributed by atoms with van der Waals surface area (Å²) in [6.07, 6.45) is 1.16. The number of hydrogen-bond donors (Lipinski definition) is 1. The lowest BCUT2D eigenvalue weighted by atomic mass is 10.1. The number of nitrogens with one attached hydrogen (secondary N) is 1. The molecule has 0 radical (unpaired) electrons. The van der Waals surface area contributed by atoms with Crippen molar-refractivity contribution < 1.29 is 9.47 Å². The van der Waals surface area contributed by atoms with E-state index in [4.69, 9.17) is 21.1 Å². The molecule has 1 N–H and O–H groups in total. The van der Waals surface area contributed by atoms with Gasteiger partial charge in [-0.3, -0.25) is 0 Å². The molecule has 0 unspecified atom stereocenters. The molecule has 0 heterocycles. The highest BCUT2D eigenvalue weighted by Gasteiger charge is 2.10. The van der Waals surface area contributed by atoms with E-state index in [1.807, 2.05) is 26.0 Å². The zero-order valence-corrected chi connectivity index (χ0v) is 13.7.